The maximum atomic E-state index is 5.75. The Bertz CT molecular complexity index is 639. The predicted octanol–water partition coefficient (Wildman–Crippen LogP) is 4.34. The molecular formula is C20H26N2O. The van der Waals surface area contributed by atoms with Crippen molar-refractivity contribution in [3.05, 3.63) is 54.1 Å². The quantitative estimate of drug-likeness (QED) is 0.859. The molecule has 0 aromatic heterocycles. The standard InChI is InChI=1S/C20H26N2O/c1-16(2)23-19-10-5-9-18(15-19)21-12-14-22-13-6-8-17-7-3-4-11-20(17)22/h3-5,7,9-11,15-16,21H,6,8,12-14H2,1-2H3. The Morgan fingerprint density at radius 2 is 2.00 bits per heavy atom. The topological polar surface area (TPSA) is 24.5 Å². The lowest BCUT2D eigenvalue weighted by atomic mass is 10.0. The number of ether oxygens (including phenoxy) is 1. The molecular weight excluding hydrogens is 284 g/mol. The van der Waals surface area contributed by atoms with Gasteiger partial charge in [0.25, 0.3) is 0 Å². The lowest BCUT2D eigenvalue weighted by Gasteiger charge is -2.31. The highest BCUT2D eigenvalue weighted by atomic mass is 16.5. The average Bonchev–Trinajstić information content (AvgIpc) is 2.55. The van der Waals surface area contributed by atoms with Crippen molar-refractivity contribution in [2.24, 2.45) is 0 Å². The van der Waals surface area contributed by atoms with Crippen molar-refractivity contribution in [1.29, 1.82) is 0 Å². The van der Waals surface area contributed by atoms with Crippen molar-refractivity contribution in [2.75, 3.05) is 29.9 Å². The summed E-state index contributed by atoms with van der Waals surface area (Å²) >= 11 is 0. The van der Waals surface area contributed by atoms with E-state index in [0.29, 0.717) is 0 Å². The van der Waals surface area contributed by atoms with Crippen LogP contribution in [0.4, 0.5) is 11.4 Å². The van der Waals surface area contributed by atoms with Crippen molar-refractivity contribution < 1.29 is 4.74 Å². The van der Waals surface area contributed by atoms with Crippen LogP contribution in [0.1, 0.15) is 25.8 Å². The van der Waals surface area contributed by atoms with E-state index in [0.717, 1.165) is 31.1 Å². The molecule has 2 aromatic carbocycles. The second-order valence-electron chi connectivity index (χ2n) is 6.34. The Hall–Kier alpha value is -2.16. The van der Waals surface area contributed by atoms with Crippen LogP contribution in [-0.4, -0.2) is 25.7 Å². The molecule has 0 amide bonds. The fourth-order valence-corrected chi connectivity index (χ4v) is 3.13. The number of aryl methyl sites for hydroxylation is 1. The van der Waals surface area contributed by atoms with Gasteiger partial charge in [0, 0.05) is 37.1 Å². The van der Waals surface area contributed by atoms with Gasteiger partial charge in [-0.25, -0.2) is 0 Å². The van der Waals surface area contributed by atoms with Gasteiger partial charge in [0.15, 0.2) is 0 Å². The number of fused-ring (bicyclic) bond motifs is 1. The van der Waals surface area contributed by atoms with Crippen LogP contribution >= 0.6 is 0 Å². The number of benzene rings is 2. The third-order valence-corrected chi connectivity index (χ3v) is 4.12. The molecule has 3 rings (SSSR count). The molecule has 23 heavy (non-hydrogen) atoms. The molecule has 0 atom stereocenters. The van der Waals surface area contributed by atoms with Gasteiger partial charge in [-0.05, 0) is 50.5 Å². The largest absolute Gasteiger partial charge is 0.491 e. The van der Waals surface area contributed by atoms with E-state index in [4.69, 9.17) is 4.74 Å². The number of nitrogens with zero attached hydrogens (tertiary/aromatic N) is 1. The highest BCUT2D eigenvalue weighted by Gasteiger charge is 2.15. The lowest BCUT2D eigenvalue weighted by molar-refractivity contribution is 0.242. The third kappa shape index (κ3) is 4.19. The van der Waals surface area contributed by atoms with E-state index in [2.05, 4.69) is 46.6 Å². The van der Waals surface area contributed by atoms with Crippen molar-refractivity contribution in [3.8, 4) is 5.75 Å². The number of hydrogen-bond acceptors (Lipinski definition) is 3. The molecule has 0 aliphatic carbocycles. The number of hydrogen-bond donors (Lipinski definition) is 1. The number of nitrogens with one attached hydrogen (secondary N) is 1. The molecule has 122 valence electrons. The second-order valence-corrected chi connectivity index (χ2v) is 6.34. The first kappa shape index (κ1) is 15.7. The molecule has 0 radical (unpaired) electrons. The van der Waals surface area contributed by atoms with E-state index in [1.165, 1.54) is 24.1 Å². The van der Waals surface area contributed by atoms with E-state index in [9.17, 15) is 0 Å². The zero-order valence-corrected chi connectivity index (χ0v) is 14.1. The molecule has 1 heterocycles. The highest BCUT2D eigenvalue weighted by molar-refractivity contribution is 5.56. The van der Waals surface area contributed by atoms with E-state index < -0.39 is 0 Å². The highest BCUT2D eigenvalue weighted by Crippen LogP contribution is 2.26. The summed E-state index contributed by atoms with van der Waals surface area (Å²) in [6.07, 6.45) is 2.65. The molecule has 0 bridgehead atoms. The Balaban J connectivity index is 1.56. The van der Waals surface area contributed by atoms with Gasteiger partial charge < -0.3 is 15.0 Å². The van der Waals surface area contributed by atoms with Crippen LogP contribution in [-0.2, 0) is 6.42 Å². The normalized spacial score (nSPS) is 13.8. The van der Waals surface area contributed by atoms with Crippen molar-refractivity contribution in [3.63, 3.8) is 0 Å². The minimum atomic E-state index is 0.204. The fraction of sp³-hybridized carbons (Fsp3) is 0.400. The van der Waals surface area contributed by atoms with E-state index >= 15 is 0 Å². The maximum absolute atomic E-state index is 5.75. The summed E-state index contributed by atoms with van der Waals surface area (Å²) in [5.74, 6) is 0.924. The first-order valence-electron chi connectivity index (χ1n) is 8.56. The van der Waals surface area contributed by atoms with E-state index in [1.54, 1.807) is 0 Å². The van der Waals surface area contributed by atoms with E-state index in [1.807, 2.05) is 26.0 Å². The molecule has 2 aromatic rings. The second kappa shape index (κ2) is 7.40. The monoisotopic (exact) mass is 310 g/mol. The van der Waals surface area contributed by atoms with E-state index in [-0.39, 0.29) is 6.10 Å². The number of anilines is 2. The molecule has 0 fully saturated rings. The summed E-state index contributed by atoms with van der Waals surface area (Å²) in [5, 5.41) is 3.51. The SMILES string of the molecule is CC(C)Oc1cccc(NCCN2CCCc3ccccc32)c1. The summed E-state index contributed by atoms with van der Waals surface area (Å²) in [6.45, 7) is 7.20. The molecule has 3 heteroatoms. The molecule has 0 spiro atoms. The van der Waals surface area contributed by atoms with Crippen LogP contribution in [0, 0.1) is 0 Å². The van der Waals surface area contributed by atoms with Gasteiger partial charge >= 0.3 is 0 Å². The van der Waals surface area contributed by atoms with Gasteiger partial charge in [0.2, 0.25) is 0 Å². The Morgan fingerprint density at radius 3 is 2.87 bits per heavy atom. The van der Waals surface area contributed by atoms with Crippen LogP contribution in [0.15, 0.2) is 48.5 Å². The summed E-state index contributed by atoms with van der Waals surface area (Å²) in [5.41, 5.74) is 4.00. The smallest absolute Gasteiger partial charge is 0.121 e. The summed E-state index contributed by atoms with van der Waals surface area (Å²) < 4.78 is 5.75. The molecule has 1 aliphatic rings. The zero-order chi connectivity index (χ0) is 16.1. The van der Waals surface area contributed by atoms with Crippen LogP contribution in [0.3, 0.4) is 0 Å². The number of para-hydroxylation sites is 1. The first-order valence-corrected chi connectivity index (χ1v) is 8.56. The summed E-state index contributed by atoms with van der Waals surface area (Å²) in [7, 11) is 0. The van der Waals surface area contributed by atoms with Crippen molar-refractivity contribution in [2.45, 2.75) is 32.8 Å². The fourth-order valence-electron chi connectivity index (χ4n) is 3.13. The minimum absolute atomic E-state index is 0.204. The zero-order valence-electron chi connectivity index (χ0n) is 14.1. The first-order chi connectivity index (χ1) is 11.2. The van der Waals surface area contributed by atoms with Gasteiger partial charge in [0.05, 0.1) is 6.10 Å². The van der Waals surface area contributed by atoms with Crippen LogP contribution in [0.2, 0.25) is 0 Å². The van der Waals surface area contributed by atoms with Gasteiger partial charge in [-0.2, -0.15) is 0 Å². The Labute approximate surface area is 139 Å². The van der Waals surface area contributed by atoms with Crippen LogP contribution in [0.5, 0.6) is 5.75 Å². The minimum Gasteiger partial charge on any atom is -0.491 e. The molecule has 0 unspecified atom stereocenters. The summed E-state index contributed by atoms with van der Waals surface area (Å²) in [6, 6.07) is 17.0. The average molecular weight is 310 g/mol. The van der Waals surface area contributed by atoms with Gasteiger partial charge in [-0.1, -0.05) is 24.3 Å². The molecule has 0 saturated heterocycles. The van der Waals surface area contributed by atoms with Gasteiger partial charge in [-0.3, -0.25) is 0 Å². The molecule has 3 nitrogen and oxygen atoms in total. The Kier molecular flexibility index (Phi) is 5.06. The van der Waals surface area contributed by atoms with Crippen molar-refractivity contribution >= 4 is 11.4 Å². The molecule has 1 aliphatic heterocycles. The Morgan fingerprint density at radius 1 is 1.13 bits per heavy atom. The summed E-state index contributed by atoms with van der Waals surface area (Å²) in [4.78, 5) is 2.49. The maximum Gasteiger partial charge on any atom is 0.121 e. The molecule has 0 saturated carbocycles. The number of rotatable bonds is 6. The van der Waals surface area contributed by atoms with Crippen LogP contribution < -0.4 is 15.0 Å². The lowest BCUT2D eigenvalue weighted by Crippen LogP contribution is -2.33. The van der Waals surface area contributed by atoms with Crippen molar-refractivity contribution in [1.82, 2.24) is 0 Å². The predicted molar refractivity (Wildman–Crippen MR) is 97.7 cm³/mol. The third-order valence-electron chi connectivity index (χ3n) is 4.12. The van der Waals surface area contributed by atoms with Gasteiger partial charge in [-0.15, -0.1) is 0 Å². The van der Waals surface area contributed by atoms with Gasteiger partial charge in [0.1, 0.15) is 5.75 Å². The van der Waals surface area contributed by atoms with Crippen LogP contribution in [0.25, 0.3) is 0 Å². The molecule has 1 N–H and O–H groups in total.